The Balaban J connectivity index is 0.000000196. The lowest BCUT2D eigenvalue weighted by Crippen LogP contribution is -1.92. The number of rotatable bonds is 0. The van der Waals surface area contributed by atoms with Crippen LogP contribution in [-0.2, 0) is 0 Å². The van der Waals surface area contributed by atoms with Crippen LogP contribution in [0.5, 0.6) is 0 Å². The van der Waals surface area contributed by atoms with E-state index < -0.39 is 0 Å². The summed E-state index contributed by atoms with van der Waals surface area (Å²) in [5.41, 5.74) is 12.7. The molecule has 0 nitrogen and oxygen atoms in total. The molecular formula is C25H32. The van der Waals surface area contributed by atoms with Crippen LogP contribution in [0.2, 0.25) is 0 Å². The van der Waals surface area contributed by atoms with Crippen molar-refractivity contribution in [1.29, 1.82) is 0 Å². The fourth-order valence-electron chi connectivity index (χ4n) is 3.37. The van der Waals surface area contributed by atoms with Crippen LogP contribution in [0.3, 0.4) is 0 Å². The summed E-state index contributed by atoms with van der Waals surface area (Å²) in [6, 6.07) is 11.1. The zero-order valence-electron chi connectivity index (χ0n) is 17.4. The molecule has 0 radical (unpaired) electrons. The van der Waals surface area contributed by atoms with Gasteiger partial charge in [0.25, 0.3) is 0 Å². The Labute approximate surface area is 153 Å². The van der Waals surface area contributed by atoms with Crippen LogP contribution in [0.4, 0.5) is 0 Å². The lowest BCUT2D eigenvalue weighted by molar-refractivity contribution is 1.22. The number of hydrogen-bond donors (Lipinski definition) is 0. The van der Waals surface area contributed by atoms with Gasteiger partial charge in [-0.25, -0.2) is 0 Å². The predicted molar refractivity (Wildman–Crippen MR) is 113 cm³/mol. The van der Waals surface area contributed by atoms with E-state index in [1.165, 1.54) is 60.8 Å². The largest absolute Gasteiger partial charge is 0.0588 e. The fraction of sp³-hybridized carbons (Fsp3) is 0.360. The van der Waals surface area contributed by atoms with Crippen LogP contribution in [0.25, 0.3) is 10.8 Å². The third-order valence-corrected chi connectivity index (χ3v) is 6.00. The molecule has 0 aliphatic heterocycles. The number of aryl methyl sites for hydroxylation is 6. The van der Waals surface area contributed by atoms with Gasteiger partial charge in [0, 0.05) is 0 Å². The lowest BCUT2D eigenvalue weighted by Gasteiger charge is -2.13. The van der Waals surface area contributed by atoms with Gasteiger partial charge in [0.1, 0.15) is 0 Å². The van der Waals surface area contributed by atoms with E-state index in [0.29, 0.717) is 0 Å². The number of hydrogen-bond acceptors (Lipinski definition) is 0. The maximum atomic E-state index is 2.30. The minimum atomic E-state index is 1.37. The summed E-state index contributed by atoms with van der Waals surface area (Å²) in [5, 5.41) is 2.82. The van der Waals surface area contributed by atoms with E-state index in [1.807, 2.05) is 0 Å². The molecule has 0 saturated heterocycles. The standard InChI is InChI=1S/C15H18.C10H14/c1-9-6-7-14-8-10(2)11(3)13(5)15(14)12(9)4;1-7-5-6-8(2)10(4)9(7)3/h6-8H,1-5H3;5-6H,1-4H3. The van der Waals surface area contributed by atoms with Crippen LogP contribution in [0, 0.1) is 62.3 Å². The second-order valence-electron chi connectivity index (χ2n) is 7.50. The van der Waals surface area contributed by atoms with Gasteiger partial charge in [-0.2, -0.15) is 0 Å². The molecule has 3 aromatic rings. The summed E-state index contributed by atoms with van der Waals surface area (Å²) in [7, 11) is 0. The average molecular weight is 333 g/mol. The molecule has 0 heterocycles. The molecule has 0 bridgehead atoms. The van der Waals surface area contributed by atoms with Crippen LogP contribution < -0.4 is 0 Å². The van der Waals surface area contributed by atoms with Crippen molar-refractivity contribution in [2.45, 2.75) is 62.3 Å². The molecule has 0 spiro atoms. The lowest BCUT2D eigenvalue weighted by atomic mass is 9.92. The molecule has 25 heavy (non-hydrogen) atoms. The van der Waals surface area contributed by atoms with Crippen molar-refractivity contribution in [1.82, 2.24) is 0 Å². The zero-order chi connectivity index (χ0) is 18.9. The quantitative estimate of drug-likeness (QED) is 0.405. The van der Waals surface area contributed by atoms with Crippen molar-refractivity contribution in [3.8, 4) is 0 Å². The first-order valence-electron chi connectivity index (χ1n) is 9.15. The first-order valence-corrected chi connectivity index (χ1v) is 9.15. The van der Waals surface area contributed by atoms with Crippen LogP contribution >= 0.6 is 0 Å². The second-order valence-corrected chi connectivity index (χ2v) is 7.50. The first-order chi connectivity index (χ1) is 11.6. The molecular weight excluding hydrogens is 300 g/mol. The normalized spacial score (nSPS) is 10.6. The van der Waals surface area contributed by atoms with Crippen LogP contribution in [-0.4, -0.2) is 0 Å². The van der Waals surface area contributed by atoms with Gasteiger partial charge >= 0.3 is 0 Å². The summed E-state index contributed by atoms with van der Waals surface area (Å²) >= 11 is 0. The highest BCUT2D eigenvalue weighted by molar-refractivity contribution is 5.91. The van der Waals surface area contributed by atoms with Crippen molar-refractivity contribution >= 4 is 10.8 Å². The molecule has 0 fully saturated rings. The molecule has 0 saturated carbocycles. The molecule has 132 valence electrons. The summed E-state index contributed by atoms with van der Waals surface area (Å²) in [6.45, 7) is 19.7. The monoisotopic (exact) mass is 332 g/mol. The second kappa shape index (κ2) is 7.44. The van der Waals surface area contributed by atoms with E-state index in [4.69, 9.17) is 0 Å². The Bertz CT molecular complexity index is 900. The first kappa shape index (κ1) is 19.2. The van der Waals surface area contributed by atoms with Crippen molar-refractivity contribution in [2.24, 2.45) is 0 Å². The van der Waals surface area contributed by atoms with E-state index in [9.17, 15) is 0 Å². The number of fused-ring (bicyclic) bond motifs is 1. The Hall–Kier alpha value is -2.08. The van der Waals surface area contributed by atoms with E-state index in [-0.39, 0.29) is 0 Å². The van der Waals surface area contributed by atoms with Gasteiger partial charge in [-0.3, -0.25) is 0 Å². The van der Waals surface area contributed by atoms with Gasteiger partial charge < -0.3 is 0 Å². The van der Waals surface area contributed by atoms with E-state index in [2.05, 4.69) is 92.6 Å². The van der Waals surface area contributed by atoms with Crippen molar-refractivity contribution in [3.63, 3.8) is 0 Å². The van der Waals surface area contributed by atoms with Crippen LogP contribution in [0.15, 0.2) is 30.3 Å². The van der Waals surface area contributed by atoms with Crippen molar-refractivity contribution < 1.29 is 0 Å². The van der Waals surface area contributed by atoms with Gasteiger partial charge in [-0.05, 0) is 123 Å². The Morgan fingerprint density at radius 2 is 0.800 bits per heavy atom. The summed E-state index contributed by atoms with van der Waals surface area (Å²) in [5.74, 6) is 0. The van der Waals surface area contributed by atoms with Gasteiger partial charge in [0.05, 0.1) is 0 Å². The average Bonchev–Trinajstić information content (AvgIpc) is 2.58. The Morgan fingerprint density at radius 1 is 0.400 bits per heavy atom. The van der Waals surface area contributed by atoms with E-state index in [0.717, 1.165) is 0 Å². The summed E-state index contributed by atoms with van der Waals surface area (Å²) < 4.78 is 0. The Morgan fingerprint density at radius 3 is 1.32 bits per heavy atom. The third-order valence-electron chi connectivity index (χ3n) is 6.00. The smallest absolute Gasteiger partial charge is 0.0120 e. The van der Waals surface area contributed by atoms with Crippen molar-refractivity contribution in [3.05, 3.63) is 80.4 Å². The molecule has 0 N–H and O–H groups in total. The highest BCUT2D eigenvalue weighted by Gasteiger charge is 2.07. The molecule has 0 atom stereocenters. The minimum absolute atomic E-state index is 1.37. The molecule has 3 rings (SSSR count). The van der Waals surface area contributed by atoms with Crippen LogP contribution in [0.1, 0.15) is 50.1 Å². The van der Waals surface area contributed by atoms with Gasteiger partial charge in [-0.15, -0.1) is 0 Å². The molecule has 0 amide bonds. The highest BCUT2D eigenvalue weighted by Crippen LogP contribution is 2.28. The van der Waals surface area contributed by atoms with E-state index in [1.54, 1.807) is 0 Å². The summed E-state index contributed by atoms with van der Waals surface area (Å²) in [6.07, 6.45) is 0. The van der Waals surface area contributed by atoms with Gasteiger partial charge in [0.15, 0.2) is 0 Å². The van der Waals surface area contributed by atoms with Crippen molar-refractivity contribution in [2.75, 3.05) is 0 Å². The minimum Gasteiger partial charge on any atom is -0.0588 e. The zero-order valence-corrected chi connectivity index (χ0v) is 17.4. The fourth-order valence-corrected chi connectivity index (χ4v) is 3.37. The summed E-state index contributed by atoms with van der Waals surface area (Å²) in [4.78, 5) is 0. The van der Waals surface area contributed by atoms with Gasteiger partial charge in [0.2, 0.25) is 0 Å². The molecule has 0 heteroatoms. The third kappa shape index (κ3) is 3.79. The molecule has 3 aromatic carbocycles. The van der Waals surface area contributed by atoms with Gasteiger partial charge in [-0.1, -0.05) is 30.3 Å². The molecule has 0 aliphatic carbocycles. The highest BCUT2D eigenvalue weighted by atomic mass is 14.1. The molecule has 0 unspecified atom stereocenters. The predicted octanol–water partition coefficient (Wildman–Crippen LogP) is 7.30. The topological polar surface area (TPSA) is 0 Å². The maximum Gasteiger partial charge on any atom is -0.0120 e. The molecule has 0 aromatic heterocycles. The Kier molecular flexibility index (Phi) is 5.72. The maximum absolute atomic E-state index is 2.30. The molecule has 0 aliphatic rings. The van der Waals surface area contributed by atoms with E-state index >= 15 is 0 Å². The number of benzene rings is 3. The SMILES string of the molecule is Cc1cc2ccc(C)c(C)c2c(C)c1C.Cc1ccc(C)c(C)c1C.